The van der Waals surface area contributed by atoms with Crippen molar-refractivity contribution in [3.63, 3.8) is 0 Å². The van der Waals surface area contributed by atoms with Gasteiger partial charge in [-0.25, -0.2) is 0 Å². The molecule has 2 aliphatic carbocycles. The summed E-state index contributed by atoms with van der Waals surface area (Å²) in [6.45, 7) is 0. The van der Waals surface area contributed by atoms with Crippen molar-refractivity contribution in [3.05, 3.63) is 29.3 Å². The number of phenols is 1. The molecule has 2 saturated carbocycles. The Kier molecular flexibility index (Phi) is 14.7. The Labute approximate surface area is 202 Å². The van der Waals surface area contributed by atoms with Gasteiger partial charge in [0.25, 0.3) is 0 Å². The molecule has 0 aromatic heterocycles. The van der Waals surface area contributed by atoms with Crippen molar-refractivity contribution in [3.8, 4) is 5.75 Å². The van der Waals surface area contributed by atoms with E-state index in [0.29, 0.717) is 17.7 Å². The van der Waals surface area contributed by atoms with E-state index in [2.05, 4.69) is 12.1 Å². The molecule has 0 heterocycles. The van der Waals surface area contributed by atoms with Crippen LogP contribution in [0.3, 0.4) is 0 Å². The summed E-state index contributed by atoms with van der Waals surface area (Å²) in [5.41, 5.74) is 2.09. The Morgan fingerprint density at radius 2 is 1.23 bits per heavy atom. The van der Waals surface area contributed by atoms with Crippen LogP contribution in [0.5, 0.6) is 5.75 Å². The third kappa shape index (κ3) is 10.2. The van der Waals surface area contributed by atoms with E-state index in [1.54, 1.807) is 0 Å². The average molecular weight is 532 g/mol. The topological polar surface area (TPSA) is 32.6 Å². The Hall–Kier alpha value is 0.153. The summed E-state index contributed by atoms with van der Waals surface area (Å²) in [6, 6.07) is 6.76. The second kappa shape index (κ2) is 16.7. The van der Waals surface area contributed by atoms with Crippen LogP contribution in [0.1, 0.15) is 120 Å². The molecular formula is C25H39Cl2NOZr. The molecule has 0 aliphatic heterocycles. The van der Waals surface area contributed by atoms with Crippen LogP contribution >= 0.6 is 17.0 Å². The number of halogens is 2. The van der Waals surface area contributed by atoms with Crippen LogP contribution in [0.15, 0.2) is 23.2 Å². The van der Waals surface area contributed by atoms with Crippen LogP contribution in [0, 0.1) is 0 Å². The number of hydrogen-bond donors (Lipinski definition) is 1. The first-order valence-electron chi connectivity index (χ1n) is 12.1. The summed E-state index contributed by atoms with van der Waals surface area (Å²) >= 11 is -0.826. The first-order valence-corrected chi connectivity index (χ1v) is 18.4. The van der Waals surface area contributed by atoms with Crippen LogP contribution in [0.4, 0.5) is 0 Å². The number of hydrogen-bond acceptors (Lipinski definition) is 2. The Morgan fingerprint density at radius 1 is 0.767 bits per heavy atom. The summed E-state index contributed by atoms with van der Waals surface area (Å²) in [5.74, 6) is 1.00. The molecule has 0 bridgehead atoms. The Balaban J connectivity index is 0.00000101. The van der Waals surface area contributed by atoms with Gasteiger partial charge in [-0.15, -0.1) is 0 Å². The molecule has 5 heteroatoms. The summed E-state index contributed by atoms with van der Waals surface area (Å²) in [6.07, 6.45) is 23.0. The van der Waals surface area contributed by atoms with Gasteiger partial charge in [0.05, 0.1) is 0 Å². The minimum atomic E-state index is -0.826. The average Bonchev–Trinajstić information content (AvgIpc) is 2.75. The molecular weight excluding hydrogens is 492 g/mol. The molecule has 2 nitrogen and oxygen atoms in total. The summed E-state index contributed by atoms with van der Waals surface area (Å²) in [4.78, 5) is 4.80. The quantitative estimate of drug-likeness (QED) is 0.388. The molecule has 0 atom stereocenters. The monoisotopic (exact) mass is 529 g/mol. The third-order valence-corrected chi connectivity index (χ3v) is 6.64. The van der Waals surface area contributed by atoms with Gasteiger partial charge in [0.15, 0.2) is 0 Å². The molecule has 168 valence electrons. The van der Waals surface area contributed by atoms with E-state index in [1.165, 1.54) is 108 Å². The van der Waals surface area contributed by atoms with Gasteiger partial charge < -0.3 is 5.11 Å². The maximum absolute atomic E-state index is 11.0. The first kappa shape index (κ1) is 26.4. The van der Waals surface area contributed by atoms with E-state index in [0.717, 1.165) is 5.56 Å². The fourth-order valence-electron chi connectivity index (χ4n) is 4.90. The first-order chi connectivity index (χ1) is 14.8. The standard InChI is InChI=1S/C25H39NO.2ClH.Zr/c27-25-22(20-26-23-17-11-8-12-18-23)16-13-19-24(25)21-14-9-6-4-2-1-3-5-7-10-15-21;;;/h13,16,19-21,23,27H,1-12,14-15,17-18H2;2*1H;/q;;;+2/p-2. The van der Waals surface area contributed by atoms with Crippen molar-refractivity contribution in [2.45, 2.75) is 115 Å². The second-order valence-electron chi connectivity index (χ2n) is 8.88. The second-order valence-corrected chi connectivity index (χ2v) is 12.6. The molecule has 0 unspecified atom stereocenters. The molecule has 2 aliphatic rings. The van der Waals surface area contributed by atoms with Gasteiger partial charge in [-0.2, -0.15) is 0 Å². The van der Waals surface area contributed by atoms with E-state index >= 15 is 0 Å². The van der Waals surface area contributed by atoms with E-state index in [-0.39, 0.29) is 0 Å². The minimum absolute atomic E-state index is 0.461. The van der Waals surface area contributed by atoms with Gasteiger partial charge in [0.1, 0.15) is 5.75 Å². The van der Waals surface area contributed by atoms with Crippen molar-refractivity contribution >= 4 is 23.2 Å². The van der Waals surface area contributed by atoms with E-state index < -0.39 is 20.8 Å². The Bertz CT molecular complexity index is 593. The number of aliphatic imine (C=N–C) groups is 1. The van der Waals surface area contributed by atoms with Crippen molar-refractivity contribution in [2.75, 3.05) is 0 Å². The van der Waals surface area contributed by atoms with Crippen molar-refractivity contribution in [2.24, 2.45) is 4.99 Å². The Morgan fingerprint density at radius 3 is 1.80 bits per heavy atom. The van der Waals surface area contributed by atoms with Crippen LogP contribution in [-0.4, -0.2) is 17.4 Å². The summed E-state index contributed by atoms with van der Waals surface area (Å²) in [5, 5.41) is 11.0. The molecule has 0 saturated heterocycles. The maximum atomic E-state index is 11.0. The van der Waals surface area contributed by atoms with Gasteiger partial charge >= 0.3 is 37.9 Å². The fraction of sp³-hybridized carbons (Fsp3) is 0.720. The zero-order valence-corrected chi connectivity index (χ0v) is 22.4. The number of benzene rings is 1. The van der Waals surface area contributed by atoms with Crippen LogP contribution in [-0.2, 0) is 20.8 Å². The van der Waals surface area contributed by atoms with E-state index in [4.69, 9.17) is 22.0 Å². The molecule has 30 heavy (non-hydrogen) atoms. The molecule has 1 aromatic carbocycles. The predicted molar refractivity (Wildman–Crippen MR) is 128 cm³/mol. The number of aromatic hydroxyl groups is 1. The molecule has 1 aromatic rings. The normalized spacial score (nSPS) is 20.6. The molecule has 3 rings (SSSR count). The van der Waals surface area contributed by atoms with E-state index in [9.17, 15) is 5.11 Å². The number of nitrogens with zero attached hydrogens (tertiary/aromatic N) is 1. The predicted octanol–water partition coefficient (Wildman–Crippen LogP) is 8.91. The van der Waals surface area contributed by atoms with Crippen LogP contribution in [0.25, 0.3) is 0 Å². The van der Waals surface area contributed by atoms with Crippen molar-refractivity contribution < 1.29 is 26.0 Å². The molecule has 0 amide bonds. The van der Waals surface area contributed by atoms with Gasteiger partial charge in [0, 0.05) is 17.8 Å². The van der Waals surface area contributed by atoms with Crippen molar-refractivity contribution in [1.82, 2.24) is 0 Å². The molecule has 0 spiro atoms. The summed E-state index contributed by atoms with van der Waals surface area (Å²) < 4.78 is 0. The fourth-order valence-corrected chi connectivity index (χ4v) is 4.90. The SMILES string of the molecule is Oc1c(C=NC2CCCCC2)cccc1C1CCCCCCCCCCC1.[Cl][Zr][Cl]. The molecule has 0 radical (unpaired) electrons. The van der Waals surface area contributed by atoms with Crippen molar-refractivity contribution in [1.29, 1.82) is 0 Å². The van der Waals surface area contributed by atoms with Gasteiger partial charge in [-0.05, 0) is 43.2 Å². The van der Waals surface area contributed by atoms with Crippen LogP contribution < -0.4 is 0 Å². The zero-order chi connectivity index (χ0) is 21.4. The van der Waals surface area contributed by atoms with E-state index in [1.807, 2.05) is 12.3 Å². The van der Waals surface area contributed by atoms with Crippen LogP contribution in [0.2, 0.25) is 0 Å². The molecule has 2 fully saturated rings. The zero-order valence-electron chi connectivity index (χ0n) is 18.4. The number of rotatable bonds is 3. The van der Waals surface area contributed by atoms with Gasteiger partial charge in [-0.3, -0.25) is 4.99 Å². The van der Waals surface area contributed by atoms with Gasteiger partial charge in [0.2, 0.25) is 0 Å². The summed E-state index contributed by atoms with van der Waals surface area (Å²) in [7, 11) is 9.87. The third-order valence-electron chi connectivity index (χ3n) is 6.64. The molecule has 1 N–H and O–H groups in total. The number of para-hydroxylation sites is 1. The van der Waals surface area contributed by atoms with Gasteiger partial charge in [-0.1, -0.05) is 89.2 Å². The number of phenolic OH excluding ortho intramolecular Hbond substituents is 1.